The molecule has 6 heteroatoms. The summed E-state index contributed by atoms with van der Waals surface area (Å²) in [6.07, 6.45) is 0.803. The maximum atomic E-state index is 11.0. The van der Waals surface area contributed by atoms with Crippen molar-refractivity contribution < 1.29 is 24.5 Å². The van der Waals surface area contributed by atoms with Crippen LogP contribution < -0.4 is 5.32 Å². The quantitative estimate of drug-likeness (QED) is 0.568. The molecule has 0 radical (unpaired) electrons. The molecule has 84 valence electrons. The number of aliphatic hydroxyl groups is 1. The molecule has 1 fully saturated rings. The summed E-state index contributed by atoms with van der Waals surface area (Å²) in [6, 6.07) is -0.344. The largest absolute Gasteiger partial charge is 0.479 e. The predicted molar refractivity (Wildman–Crippen MR) is 50.3 cm³/mol. The number of alkyl carbamates (subject to hydrolysis) is 1. The molecule has 1 amide bonds. The summed E-state index contributed by atoms with van der Waals surface area (Å²) in [4.78, 5) is 21.5. The first kappa shape index (κ1) is 11.5. The lowest BCUT2D eigenvalue weighted by Crippen LogP contribution is -2.59. The van der Waals surface area contributed by atoms with E-state index in [0.29, 0.717) is 0 Å². The van der Waals surface area contributed by atoms with Crippen LogP contribution in [-0.4, -0.2) is 40.5 Å². The monoisotopic (exact) mass is 215 g/mol. The van der Waals surface area contributed by atoms with Crippen molar-refractivity contribution in [2.75, 3.05) is 6.61 Å². The molecule has 3 N–H and O–H groups in total. The van der Waals surface area contributed by atoms with Crippen LogP contribution in [0.4, 0.5) is 4.79 Å². The van der Waals surface area contributed by atoms with Gasteiger partial charge in [-0.1, -0.05) is 12.7 Å². The Balaban J connectivity index is 2.25. The van der Waals surface area contributed by atoms with Crippen molar-refractivity contribution in [2.45, 2.75) is 24.5 Å². The van der Waals surface area contributed by atoms with E-state index in [1.54, 1.807) is 0 Å². The van der Waals surface area contributed by atoms with E-state index < -0.39 is 17.7 Å². The Labute approximate surface area is 86.5 Å². The van der Waals surface area contributed by atoms with Gasteiger partial charge in [-0.05, 0) is 0 Å². The number of nitrogens with one attached hydrogen (secondary N) is 1. The molecule has 0 heterocycles. The molecule has 0 unspecified atom stereocenters. The zero-order chi connectivity index (χ0) is 11.5. The molecule has 0 aliphatic heterocycles. The summed E-state index contributed by atoms with van der Waals surface area (Å²) in [6.45, 7) is 3.47. The third kappa shape index (κ3) is 2.69. The van der Waals surface area contributed by atoms with Crippen molar-refractivity contribution in [3.63, 3.8) is 0 Å². The van der Waals surface area contributed by atoms with Gasteiger partial charge in [0, 0.05) is 18.9 Å². The molecule has 0 aromatic heterocycles. The smallest absolute Gasteiger partial charge is 0.407 e. The van der Waals surface area contributed by atoms with E-state index >= 15 is 0 Å². The van der Waals surface area contributed by atoms with Gasteiger partial charge in [0.25, 0.3) is 0 Å². The van der Waals surface area contributed by atoms with E-state index in [-0.39, 0.29) is 25.5 Å². The Kier molecular flexibility index (Phi) is 3.31. The number of hydrogen-bond donors (Lipinski definition) is 3. The number of carbonyl (C=O) groups excluding carboxylic acids is 1. The van der Waals surface area contributed by atoms with Crippen molar-refractivity contribution in [1.82, 2.24) is 5.32 Å². The van der Waals surface area contributed by atoms with Gasteiger partial charge < -0.3 is 20.3 Å². The van der Waals surface area contributed by atoms with Gasteiger partial charge in [-0.3, -0.25) is 0 Å². The van der Waals surface area contributed by atoms with Crippen LogP contribution >= 0.6 is 0 Å². The number of carboxylic acids is 1. The Hall–Kier alpha value is -1.56. The van der Waals surface area contributed by atoms with Crippen LogP contribution in [0.1, 0.15) is 12.8 Å². The van der Waals surface area contributed by atoms with Crippen molar-refractivity contribution in [1.29, 1.82) is 0 Å². The van der Waals surface area contributed by atoms with Gasteiger partial charge in [-0.25, -0.2) is 9.59 Å². The average molecular weight is 215 g/mol. The molecule has 1 aliphatic rings. The van der Waals surface area contributed by atoms with Gasteiger partial charge in [0.15, 0.2) is 5.60 Å². The van der Waals surface area contributed by atoms with E-state index in [0.717, 1.165) is 0 Å². The lowest BCUT2D eigenvalue weighted by Gasteiger charge is -2.39. The second-order valence-corrected chi connectivity index (χ2v) is 3.47. The van der Waals surface area contributed by atoms with Crippen LogP contribution in [0.15, 0.2) is 12.7 Å². The lowest BCUT2D eigenvalue weighted by atomic mass is 9.76. The Bertz CT molecular complexity index is 282. The van der Waals surface area contributed by atoms with Gasteiger partial charge >= 0.3 is 12.1 Å². The Morgan fingerprint density at radius 1 is 1.60 bits per heavy atom. The van der Waals surface area contributed by atoms with Crippen molar-refractivity contribution in [3.8, 4) is 0 Å². The minimum Gasteiger partial charge on any atom is -0.479 e. The van der Waals surface area contributed by atoms with Crippen LogP contribution in [-0.2, 0) is 9.53 Å². The number of aliphatic carboxylic acids is 1. The molecule has 1 rings (SSSR count). The molecule has 0 aromatic rings. The summed E-state index contributed by atoms with van der Waals surface area (Å²) in [5.41, 5.74) is -1.70. The van der Waals surface area contributed by atoms with E-state index in [4.69, 9.17) is 5.11 Å². The molecule has 0 bridgehead atoms. The summed E-state index contributed by atoms with van der Waals surface area (Å²) >= 11 is 0. The van der Waals surface area contributed by atoms with Gasteiger partial charge in [-0.2, -0.15) is 0 Å². The third-order valence-electron chi connectivity index (χ3n) is 2.22. The molecule has 15 heavy (non-hydrogen) atoms. The first-order chi connectivity index (χ1) is 6.98. The molecular formula is C9H13NO5. The molecular weight excluding hydrogens is 202 g/mol. The van der Waals surface area contributed by atoms with Crippen LogP contribution in [0.5, 0.6) is 0 Å². The van der Waals surface area contributed by atoms with Crippen LogP contribution in [0.2, 0.25) is 0 Å². The number of carboxylic acid groups (broad SMARTS) is 1. The van der Waals surface area contributed by atoms with Crippen LogP contribution in [0.25, 0.3) is 0 Å². The van der Waals surface area contributed by atoms with Crippen LogP contribution in [0.3, 0.4) is 0 Å². The molecule has 0 spiro atoms. The maximum absolute atomic E-state index is 11.0. The van der Waals surface area contributed by atoms with E-state index in [1.165, 1.54) is 6.08 Å². The van der Waals surface area contributed by atoms with Gasteiger partial charge in [0.1, 0.15) is 6.61 Å². The summed E-state index contributed by atoms with van der Waals surface area (Å²) < 4.78 is 4.63. The Morgan fingerprint density at radius 3 is 2.67 bits per heavy atom. The molecule has 6 nitrogen and oxygen atoms in total. The standard InChI is InChI=1S/C9H13NO5/c1-2-3-15-8(13)10-6-4-9(14,5-6)7(11)12/h2,6,14H,1,3-5H2,(H,10,13)(H,11,12). The van der Waals surface area contributed by atoms with Crippen molar-refractivity contribution in [2.24, 2.45) is 0 Å². The third-order valence-corrected chi connectivity index (χ3v) is 2.22. The normalized spacial score (nSPS) is 28.7. The second-order valence-electron chi connectivity index (χ2n) is 3.47. The number of carbonyl (C=O) groups is 2. The lowest BCUT2D eigenvalue weighted by molar-refractivity contribution is -0.170. The molecule has 0 aromatic carbocycles. The summed E-state index contributed by atoms with van der Waals surface area (Å²) in [5, 5.41) is 20.3. The van der Waals surface area contributed by atoms with E-state index in [1.807, 2.05) is 0 Å². The molecule has 1 aliphatic carbocycles. The topological polar surface area (TPSA) is 95.9 Å². The highest BCUT2D eigenvalue weighted by Gasteiger charge is 2.49. The SMILES string of the molecule is C=CCOC(=O)NC1CC(O)(C(=O)O)C1. The van der Waals surface area contributed by atoms with E-state index in [2.05, 4.69) is 16.6 Å². The molecule has 0 atom stereocenters. The average Bonchev–Trinajstić information content (AvgIpc) is 2.11. The highest BCUT2D eigenvalue weighted by atomic mass is 16.5. The number of hydrogen-bond acceptors (Lipinski definition) is 4. The van der Waals surface area contributed by atoms with Crippen molar-refractivity contribution >= 4 is 12.1 Å². The molecule has 0 saturated heterocycles. The van der Waals surface area contributed by atoms with Crippen molar-refractivity contribution in [3.05, 3.63) is 12.7 Å². The Morgan fingerprint density at radius 2 is 2.20 bits per heavy atom. The fourth-order valence-electron chi connectivity index (χ4n) is 1.38. The van der Waals surface area contributed by atoms with Gasteiger partial charge in [-0.15, -0.1) is 0 Å². The fourth-order valence-corrected chi connectivity index (χ4v) is 1.38. The first-order valence-electron chi connectivity index (χ1n) is 4.48. The number of amides is 1. The summed E-state index contributed by atoms with van der Waals surface area (Å²) in [5.74, 6) is -1.26. The first-order valence-corrected chi connectivity index (χ1v) is 4.48. The summed E-state index contributed by atoms with van der Waals surface area (Å²) in [7, 11) is 0. The highest BCUT2D eigenvalue weighted by Crippen LogP contribution is 2.32. The predicted octanol–water partition coefficient (Wildman–Crippen LogP) is -0.123. The fraction of sp³-hybridized carbons (Fsp3) is 0.556. The number of ether oxygens (including phenoxy) is 1. The minimum absolute atomic E-state index is 0.00548. The van der Waals surface area contributed by atoms with E-state index in [9.17, 15) is 14.7 Å². The van der Waals surface area contributed by atoms with Gasteiger partial charge in [0.05, 0.1) is 0 Å². The zero-order valence-corrected chi connectivity index (χ0v) is 8.10. The van der Waals surface area contributed by atoms with Gasteiger partial charge in [0.2, 0.25) is 0 Å². The maximum Gasteiger partial charge on any atom is 0.407 e. The zero-order valence-electron chi connectivity index (χ0n) is 8.10. The molecule has 1 saturated carbocycles. The minimum atomic E-state index is -1.70. The number of rotatable bonds is 4. The highest BCUT2D eigenvalue weighted by molar-refractivity contribution is 5.79. The second kappa shape index (κ2) is 4.31. The van der Waals surface area contributed by atoms with Crippen LogP contribution in [0, 0.1) is 0 Å².